The number of para-hydroxylation sites is 1. The summed E-state index contributed by atoms with van der Waals surface area (Å²) in [6.07, 6.45) is 3.60. The van der Waals surface area contributed by atoms with Crippen molar-refractivity contribution < 1.29 is 19.5 Å². The van der Waals surface area contributed by atoms with Crippen molar-refractivity contribution in [1.29, 1.82) is 0 Å². The highest BCUT2D eigenvalue weighted by molar-refractivity contribution is 6.00. The van der Waals surface area contributed by atoms with Crippen molar-refractivity contribution in [2.75, 3.05) is 11.9 Å². The number of fused-ring (bicyclic) bond motifs is 1. The zero-order valence-electron chi connectivity index (χ0n) is 16.9. The van der Waals surface area contributed by atoms with Crippen LogP contribution in [0.2, 0.25) is 0 Å². The van der Waals surface area contributed by atoms with Gasteiger partial charge in [0.25, 0.3) is 0 Å². The molecule has 1 aromatic carbocycles. The maximum Gasteiger partial charge on any atom is 0.329 e. The molecule has 2 amide bonds. The first kappa shape index (κ1) is 20.2. The molecule has 0 bridgehead atoms. The normalized spacial score (nSPS) is 24.6. The molecule has 1 saturated heterocycles. The average Bonchev–Trinajstić information content (AvgIpc) is 2.98. The molecule has 9 heteroatoms. The van der Waals surface area contributed by atoms with Gasteiger partial charge in [-0.1, -0.05) is 6.07 Å². The fourth-order valence-electron chi connectivity index (χ4n) is 4.68. The molecule has 0 spiro atoms. The minimum atomic E-state index is -0.712. The molecule has 2 aromatic rings. The van der Waals surface area contributed by atoms with E-state index in [-0.39, 0.29) is 23.9 Å². The third-order valence-electron chi connectivity index (χ3n) is 6.40. The van der Waals surface area contributed by atoms with Gasteiger partial charge in [-0.25, -0.2) is 4.79 Å². The number of carbonyl (C=O) groups excluding carboxylic acids is 2. The van der Waals surface area contributed by atoms with Crippen LogP contribution < -0.4 is 16.3 Å². The number of nitrogens with one attached hydrogen (secondary N) is 2. The zero-order chi connectivity index (χ0) is 21.4. The van der Waals surface area contributed by atoms with Gasteiger partial charge in [0, 0.05) is 20.0 Å². The first-order chi connectivity index (χ1) is 14.4. The Kier molecular flexibility index (Phi) is 5.36. The Morgan fingerprint density at radius 3 is 2.57 bits per heavy atom. The fourth-order valence-corrected chi connectivity index (χ4v) is 4.68. The number of hydrogen-bond donors (Lipinski definition) is 3. The number of carboxylic acid groups (broad SMARTS) is 1. The summed E-state index contributed by atoms with van der Waals surface area (Å²) >= 11 is 0. The highest BCUT2D eigenvalue weighted by atomic mass is 16.4. The first-order valence-corrected chi connectivity index (χ1v) is 10.4. The number of imide groups is 1. The summed E-state index contributed by atoms with van der Waals surface area (Å²) in [7, 11) is 1.68. The second-order valence-corrected chi connectivity index (χ2v) is 8.29. The van der Waals surface area contributed by atoms with Crippen molar-refractivity contribution in [2.45, 2.75) is 44.6 Å². The summed E-state index contributed by atoms with van der Waals surface area (Å²) in [5.41, 5.74) is 1.87. The van der Waals surface area contributed by atoms with Gasteiger partial charge < -0.3 is 10.4 Å². The van der Waals surface area contributed by atoms with Crippen molar-refractivity contribution in [3.63, 3.8) is 0 Å². The molecule has 2 heterocycles. The lowest BCUT2D eigenvalue weighted by molar-refractivity contribution is -0.143. The minimum absolute atomic E-state index is 0.205. The van der Waals surface area contributed by atoms with E-state index in [2.05, 4.69) is 10.6 Å². The lowest BCUT2D eigenvalue weighted by Gasteiger charge is -2.26. The van der Waals surface area contributed by atoms with E-state index in [4.69, 9.17) is 5.11 Å². The molecule has 0 radical (unpaired) electrons. The van der Waals surface area contributed by atoms with Gasteiger partial charge in [-0.3, -0.25) is 28.8 Å². The summed E-state index contributed by atoms with van der Waals surface area (Å²) in [5.74, 6) is -1.34. The van der Waals surface area contributed by atoms with Crippen LogP contribution in [0.4, 0.5) is 5.69 Å². The quantitative estimate of drug-likeness (QED) is 0.639. The molecule has 2 fully saturated rings. The first-order valence-electron chi connectivity index (χ1n) is 10.4. The molecule has 1 saturated carbocycles. The van der Waals surface area contributed by atoms with Gasteiger partial charge in [-0.2, -0.15) is 0 Å². The largest absolute Gasteiger partial charge is 0.481 e. The Bertz CT molecular complexity index is 1060. The van der Waals surface area contributed by atoms with Crippen molar-refractivity contribution in [1.82, 2.24) is 14.5 Å². The molecule has 9 nitrogen and oxygen atoms in total. The van der Waals surface area contributed by atoms with Crippen LogP contribution >= 0.6 is 0 Å². The van der Waals surface area contributed by atoms with Gasteiger partial charge in [0.1, 0.15) is 6.04 Å². The van der Waals surface area contributed by atoms with Crippen LogP contribution in [-0.2, 0) is 21.4 Å². The van der Waals surface area contributed by atoms with Crippen LogP contribution in [0.5, 0.6) is 0 Å². The van der Waals surface area contributed by atoms with Crippen LogP contribution in [0.15, 0.2) is 23.0 Å². The van der Waals surface area contributed by atoms with E-state index in [1.54, 1.807) is 7.05 Å². The molecule has 1 aliphatic heterocycles. The number of hydrogen-bond acceptors (Lipinski definition) is 5. The summed E-state index contributed by atoms with van der Waals surface area (Å²) in [6.45, 7) is 0.698. The highest BCUT2D eigenvalue weighted by Gasteiger charge is 2.32. The number of carboxylic acids is 1. The third kappa shape index (κ3) is 3.59. The fraction of sp³-hybridized carbons (Fsp3) is 0.524. The number of carbonyl (C=O) groups is 3. The Hall–Kier alpha value is -3.10. The van der Waals surface area contributed by atoms with Gasteiger partial charge in [0.2, 0.25) is 11.8 Å². The molecule has 1 atom stereocenters. The Balaban J connectivity index is 1.57. The van der Waals surface area contributed by atoms with Crippen LogP contribution in [0.3, 0.4) is 0 Å². The van der Waals surface area contributed by atoms with Crippen molar-refractivity contribution in [3.05, 3.63) is 28.7 Å². The molecule has 4 rings (SSSR count). The molecule has 30 heavy (non-hydrogen) atoms. The van der Waals surface area contributed by atoms with E-state index in [1.165, 1.54) is 9.13 Å². The predicted octanol–water partition coefficient (Wildman–Crippen LogP) is 1.62. The molecule has 2 aliphatic rings. The lowest BCUT2D eigenvalue weighted by atomic mass is 9.82. The summed E-state index contributed by atoms with van der Waals surface area (Å²) in [4.78, 5) is 47.9. The van der Waals surface area contributed by atoms with Gasteiger partial charge in [0.15, 0.2) is 0 Å². The van der Waals surface area contributed by atoms with E-state index in [9.17, 15) is 19.2 Å². The number of rotatable bonds is 5. The predicted molar refractivity (Wildman–Crippen MR) is 110 cm³/mol. The Morgan fingerprint density at radius 2 is 1.90 bits per heavy atom. The van der Waals surface area contributed by atoms with Gasteiger partial charge >= 0.3 is 11.7 Å². The number of benzene rings is 1. The monoisotopic (exact) mass is 414 g/mol. The van der Waals surface area contributed by atoms with E-state index in [0.29, 0.717) is 42.8 Å². The molecule has 1 aliphatic carbocycles. The van der Waals surface area contributed by atoms with Crippen molar-refractivity contribution in [2.24, 2.45) is 18.9 Å². The minimum Gasteiger partial charge on any atom is -0.481 e. The number of anilines is 1. The number of aromatic nitrogens is 2. The lowest BCUT2D eigenvalue weighted by Crippen LogP contribution is -2.44. The average molecular weight is 414 g/mol. The summed E-state index contributed by atoms with van der Waals surface area (Å²) in [5, 5.41) is 14.9. The van der Waals surface area contributed by atoms with Crippen LogP contribution in [0.1, 0.15) is 44.6 Å². The number of imidazole rings is 1. The number of piperidine rings is 1. The van der Waals surface area contributed by atoms with Crippen molar-refractivity contribution in [3.8, 4) is 0 Å². The van der Waals surface area contributed by atoms with Crippen LogP contribution in [-0.4, -0.2) is 38.6 Å². The molecule has 1 aromatic heterocycles. The second kappa shape index (κ2) is 7.97. The number of aliphatic carboxylic acids is 1. The van der Waals surface area contributed by atoms with Crippen molar-refractivity contribution >= 4 is 34.5 Å². The van der Waals surface area contributed by atoms with Gasteiger partial charge in [0.05, 0.1) is 22.6 Å². The maximum absolute atomic E-state index is 13.0. The molecule has 160 valence electrons. The molecule has 1 unspecified atom stereocenters. The third-order valence-corrected chi connectivity index (χ3v) is 6.40. The van der Waals surface area contributed by atoms with E-state index < -0.39 is 17.9 Å². The van der Waals surface area contributed by atoms with Gasteiger partial charge in [-0.05, 0) is 50.2 Å². The second-order valence-electron chi connectivity index (χ2n) is 8.29. The smallest absolute Gasteiger partial charge is 0.329 e. The Morgan fingerprint density at radius 1 is 1.17 bits per heavy atom. The van der Waals surface area contributed by atoms with E-state index in [0.717, 1.165) is 18.5 Å². The van der Waals surface area contributed by atoms with Crippen LogP contribution in [0.25, 0.3) is 11.0 Å². The van der Waals surface area contributed by atoms with Gasteiger partial charge in [-0.15, -0.1) is 0 Å². The molecular weight excluding hydrogens is 388 g/mol. The van der Waals surface area contributed by atoms with Crippen LogP contribution in [0, 0.1) is 11.8 Å². The van der Waals surface area contributed by atoms with E-state index >= 15 is 0 Å². The molecular formula is C21H26N4O5. The number of nitrogens with zero attached hydrogens (tertiary/aromatic N) is 2. The standard InChI is InChI=1S/C21H26N4O5/c1-24-18-14(22-11-12-5-7-13(8-6-12)20(28)29)3-2-4-15(18)25(21(24)30)16-9-10-17(26)23-19(16)27/h2-4,12-13,16,22H,5-11H2,1H3,(H,28,29)(H,23,26,27). The Labute approximate surface area is 173 Å². The zero-order valence-corrected chi connectivity index (χ0v) is 16.9. The highest BCUT2D eigenvalue weighted by Crippen LogP contribution is 2.31. The summed E-state index contributed by atoms with van der Waals surface area (Å²) < 4.78 is 3.00. The van der Waals surface area contributed by atoms with E-state index in [1.807, 2.05) is 18.2 Å². The maximum atomic E-state index is 13.0. The topological polar surface area (TPSA) is 122 Å². The molecule has 3 N–H and O–H groups in total. The number of aryl methyl sites for hydroxylation is 1. The number of amides is 2. The SMILES string of the molecule is Cn1c(=O)n(C2CCC(=O)NC2=O)c2cccc(NCC3CCC(C(=O)O)CC3)c21. The summed E-state index contributed by atoms with van der Waals surface area (Å²) in [6, 6.07) is 4.84.